The van der Waals surface area contributed by atoms with Gasteiger partial charge in [-0.05, 0) is 59.4 Å². The van der Waals surface area contributed by atoms with E-state index in [0.717, 1.165) is 11.3 Å². The number of anilines is 1. The van der Waals surface area contributed by atoms with Crippen molar-refractivity contribution in [2.24, 2.45) is 0 Å². The number of nitrogens with two attached hydrogens (primary N) is 1. The Labute approximate surface area is 122 Å². The van der Waals surface area contributed by atoms with E-state index in [-0.39, 0.29) is 23.5 Å². The molecule has 20 heavy (non-hydrogen) atoms. The third kappa shape index (κ3) is 4.53. The topological polar surface area (TPSA) is 58.4 Å². The normalized spacial score (nSPS) is 14.9. The van der Waals surface area contributed by atoms with Crippen molar-refractivity contribution in [1.29, 1.82) is 0 Å². The molecule has 0 saturated carbocycles. The quantitative estimate of drug-likeness (QED) is 0.832. The fourth-order valence-corrected chi connectivity index (χ4v) is 2.05. The molecule has 0 bridgehead atoms. The standard InChI is InChI=1S/C16H27N3O/c1-11(13-8-7-9-14(17)10-13)19(6)12(2)15(20)18-16(3,4)5/h7-12H,17H2,1-6H3,(H,18,20). The highest BCUT2D eigenvalue weighted by Crippen LogP contribution is 2.22. The van der Waals surface area contributed by atoms with Crippen LogP contribution >= 0.6 is 0 Å². The second-order valence-electron chi connectivity index (χ2n) is 6.43. The number of carbonyl (C=O) groups excluding carboxylic acids is 1. The number of likely N-dealkylation sites (N-methyl/N-ethyl adjacent to an activating group) is 1. The molecule has 4 heteroatoms. The molecular formula is C16H27N3O. The van der Waals surface area contributed by atoms with E-state index in [2.05, 4.69) is 17.1 Å². The van der Waals surface area contributed by atoms with Gasteiger partial charge in [-0.25, -0.2) is 0 Å². The molecule has 0 heterocycles. The van der Waals surface area contributed by atoms with Crippen LogP contribution in [0.5, 0.6) is 0 Å². The monoisotopic (exact) mass is 277 g/mol. The summed E-state index contributed by atoms with van der Waals surface area (Å²) in [6, 6.07) is 7.72. The molecule has 112 valence electrons. The zero-order valence-corrected chi connectivity index (χ0v) is 13.4. The average molecular weight is 277 g/mol. The van der Waals surface area contributed by atoms with Crippen LogP contribution in [0.25, 0.3) is 0 Å². The lowest BCUT2D eigenvalue weighted by Crippen LogP contribution is -2.50. The SMILES string of the molecule is CC(C(=O)NC(C)(C)C)N(C)C(C)c1cccc(N)c1. The Morgan fingerprint density at radius 3 is 2.40 bits per heavy atom. The number of hydrogen-bond donors (Lipinski definition) is 2. The van der Waals surface area contributed by atoms with Crippen molar-refractivity contribution in [1.82, 2.24) is 10.2 Å². The van der Waals surface area contributed by atoms with E-state index < -0.39 is 0 Å². The van der Waals surface area contributed by atoms with Gasteiger partial charge in [-0.15, -0.1) is 0 Å². The van der Waals surface area contributed by atoms with Crippen LogP contribution in [-0.2, 0) is 4.79 Å². The highest BCUT2D eigenvalue weighted by Gasteiger charge is 2.25. The lowest BCUT2D eigenvalue weighted by Gasteiger charge is -2.32. The van der Waals surface area contributed by atoms with Crippen LogP contribution in [0.1, 0.15) is 46.2 Å². The Morgan fingerprint density at radius 1 is 1.30 bits per heavy atom. The number of nitrogen functional groups attached to an aromatic ring is 1. The van der Waals surface area contributed by atoms with Crippen LogP contribution in [0.3, 0.4) is 0 Å². The molecule has 4 nitrogen and oxygen atoms in total. The Kier molecular flexibility index (Phi) is 5.17. The number of rotatable bonds is 4. The molecule has 1 amide bonds. The van der Waals surface area contributed by atoms with Gasteiger partial charge in [0.1, 0.15) is 0 Å². The molecule has 1 aromatic carbocycles. The van der Waals surface area contributed by atoms with Gasteiger partial charge in [-0.3, -0.25) is 9.69 Å². The summed E-state index contributed by atoms with van der Waals surface area (Å²) in [5.41, 5.74) is 7.46. The van der Waals surface area contributed by atoms with Crippen molar-refractivity contribution in [3.05, 3.63) is 29.8 Å². The summed E-state index contributed by atoms with van der Waals surface area (Å²) in [5.74, 6) is 0.0377. The molecule has 0 aliphatic carbocycles. The van der Waals surface area contributed by atoms with Crippen LogP contribution in [0, 0.1) is 0 Å². The van der Waals surface area contributed by atoms with E-state index in [9.17, 15) is 4.79 Å². The molecule has 0 spiro atoms. The highest BCUT2D eigenvalue weighted by atomic mass is 16.2. The van der Waals surface area contributed by atoms with Gasteiger partial charge in [0, 0.05) is 17.3 Å². The molecular weight excluding hydrogens is 250 g/mol. The van der Waals surface area contributed by atoms with E-state index >= 15 is 0 Å². The highest BCUT2D eigenvalue weighted by molar-refractivity contribution is 5.82. The van der Waals surface area contributed by atoms with Gasteiger partial charge in [-0.2, -0.15) is 0 Å². The molecule has 0 fully saturated rings. The van der Waals surface area contributed by atoms with Gasteiger partial charge in [0.05, 0.1) is 6.04 Å². The Hall–Kier alpha value is -1.55. The summed E-state index contributed by atoms with van der Waals surface area (Å²) >= 11 is 0. The second kappa shape index (κ2) is 6.27. The maximum Gasteiger partial charge on any atom is 0.237 e. The largest absolute Gasteiger partial charge is 0.399 e. The van der Waals surface area contributed by atoms with Gasteiger partial charge >= 0.3 is 0 Å². The van der Waals surface area contributed by atoms with Crippen molar-refractivity contribution in [2.45, 2.75) is 52.2 Å². The predicted octanol–water partition coefficient (Wildman–Crippen LogP) is 2.56. The van der Waals surface area contributed by atoms with Crippen LogP contribution in [-0.4, -0.2) is 29.4 Å². The molecule has 0 aromatic heterocycles. The molecule has 0 aliphatic heterocycles. The number of carbonyl (C=O) groups is 1. The maximum absolute atomic E-state index is 12.2. The zero-order valence-electron chi connectivity index (χ0n) is 13.4. The first-order valence-corrected chi connectivity index (χ1v) is 7.01. The summed E-state index contributed by atoms with van der Waals surface area (Å²) in [7, 11) is 1.96. The van der Waals surface area contributed by atoms with Crippen molar-refractivity contribution < 1.29 is 4.79 Å². The lowest BCUT2D eigenvalue weighted by molar-refractivity contribution is -0.127. The Balaban J connectivity index is 2.78. The van der Waals surface area contributed by atoms with Gasteiger partial charge in [0.25, 0.3) is 0 Å². The van der Waals surface area contributed by atoms with Crippen molar-refractivity contribution in [3.8, 4) is 0 Å². The number of benzene rings is 1. The lowest BCUT2D eigenvalue weighted by atomic mass is 10.0. The average Bonchev–Trinajstić information content (AvgIpc) is 2.34. The summed E-state index contributed by atoms with van der Waals surface area (Å²) < 4.78 is 0. The summed E-state index contributed by atoms with van der Waals surface area (Å²) in [6.07, 6.45) is 0. The van der Waals surface area contributed by atoms with Gasteiger partial charge in [-0.1, -0.05) is 12.1 Å². The summed E-state index contributed by atoms with van der Waals surface area (Å²) in [4.78, 5) is 14.3. The van der Waals surface area contributed by atoms with Crippen LogP contribution < -0.4 is 11.1 Å². The Morgan fingerprint density at radius 2 is 1.90 bits per heavy atom. The summed E-state index contributed by atoms with van der Waals surface area (Å²) in [5, 5.41) is 3.01. The maximum atomic E-state index is 12.2. The van der Waals surface area contributed by atoms with E-state index in [1.807, 2.05) is 59.0 Å². The Bertz CT molecular complexity index is 465. The van der Waals surface area contributed by atoms with E-state index in [1.165, 1.54) is 0 Å². The smallest absolute Gasteiger partial charge is 0.237 e. The molecule has 0 radical (unpaired) electrons. The first kappa shape index (κ1) is 16.5. The van der Waals surface area contributed by atoms with E-state index in [4.69, 9.17) is 5.73 Å². The molecule has 0 saturated heterocycles. The van der Waals surface area contributed by atoms with Crippen molar-refractivity contribution in [3.63, 3.8) is 0 Å². The predicted molar refractivity (Wildman–Crippen MR) is 84.4 cm³/mol. The number of hydrogen-bond acceptors (Lipinski definition) is 3. The summed E-state index contributed by atoms with van der Waals surface area (Å²) in [6.45, 7) is 9.95. The minimum Gasteiger partial charge on any atom is -0.399 e. The first-order chi connectivity index (χ1) is 9.11. The van der Waals surface area contributed by atoms with Crippen LogP contribution in [0.15, 0.2) is 24.3 Å². The number of nitrogens with one attached hydrogen (secondary N) is 1. The van der Waals surface area contributed by atoms with Crippen molar-refractivity contribution in [2.75, 3.05) is 12.8 Å². The minimum atomic E-state index is -0.216. The molecule has 2 unspecified atom stereocenters. The molecule has 2 atom stereocenters. The minimum absolute atomic E-state index is 0.0377. The van der Waals surface area contributed by atoms with Gasteiger partial charge in [0.2, 0.25) is 5.91 Å². The van der Waals surface area contributed by atoms with Gasteiger partial charge < -0.3 is 11.1 Å². The fraction of sp³-hybridized carbons (Fsp3) is 0.562. The van der Waals surface area contributed by atoms with Crippen LogP contribution in [0.4, 0.5) is 5.69 Å². The van der Waals surface area contributed by atoms with Gasteiger partial charge in [0.15, 0.2) is 0 Å². The van der Waals surface area contributed by atoms with E-state index in [1.54, 1.807) is 0 Å². The van der Waals surface area contributed by atoms with Crippen LogP contribution in [0.2, 0.25) is 0 Å². The molecule has 0 aliphatic rings. The third-order valence-corrected chi connectivity index (χ3v) is 3.49. The van der Waals surface area contributed by atoms with E-state index in [0.29, 0.717) is 0 Å². The molecule has 3 N–H and O–H groups in total. The third-order valence-electron chi connectivity index (χ3n) is 3.49. The van der Waals surface area contributed by atoms with Crippen molar-refractivity contribution >= 4 is 11.6 Å². The number of nitrogens with zero attached hydrogens (tertiary/aromatic N) is 1. The second-order valence-corrected chi connectivity index (χ2v) is 6.43. The molecule has 1 aromatic rings. The molecule has 1 rings (SSSR count). The number of amides is 1. The zero-order chi connectivity index (χ0) is 15.5. The fourth-order valence-electron chi connectivity index (χ4n) is 2.05. The first-order valence-electron chi connectivity index (χ1n) is 7.01.